The third kappa shape index (κ3) is 4.91. The maximum absolute atomic E-state index is 11.9. The highest BCUT2D eigenvalue weighted by atomic mass is 32.2. The van der Waals surface area contributed by atoms with Crippen molar-refractivity contribution in [1.29, 1.82) is 0 Å². The van der Waals surface area contributed by atoms with Gasteiger partial charge in [0.05, 0.1) is 4.90 Å². The topological polar surface area (TPSA) is 46.2 Å². The number of benzene rings is 1. The maximum Gasteiger partial charge on any atom is 0.240 e. The molecule has 3 nitrogen and oxygen atoms in total. The van der Waals surface area contributed by atoms with Crippen molar-refractivity contribution in [2.24, 2.45) is 0 Å². The van der Waals surface area contributed by atoms with E-state index in [0.29, 0.717) is 11.4 Å². The van der Waals surface area contributed by atoms with Crippen molar-refractivity contribution in [2.75, 3.05) is 6.54 Å². The smallest absolute Gasteiger partial charge is 0.211 e. The SMILES string of the molecule is CC#CCCCCNS(=O)(=O)c1ccc(C)cc1. The molecule has 4 heteroatoms. The van der Waals surface area contributed by atoms with E-state index in [2.05, 4.69) is 16.6 Å². The molecule has 0 saturated heterocycles. The highest BCUT2D eigenvalue weighted by Gasteiger charge is 2.12. The Morgan fingerprint density at radius 1 is 1.17 bits per heavy atom. The molecule has 0 aromatic heterocycles. The number of aryl methyl sites for hydroxylation is 1. The summed E-state index contributed by atoms with van der Waals surface area (Å²) in [6.07, 6.45) is 2.54. The molecule has 0 saturated carbocycles. The fourth-order valence-corrected chi connectivity index (χ4v) is 2.54. The zero-order chi connectivity index (χ0) is 13.4. The Morgan fingerprint density at radius 3 is 2.44 bits per heavy atom. The minimum atomic E-state index is -3.36. The Bertz CT molecular complexity index is 521. The molecule has 18 heavy (non-hydrogen) atoms. The van der Waals surface area contributed by atoms with Crippen LogP contribution in [0.15, 0.2) is 29.2 Å². The van der Waals surface area contributed by atoms with E-state index in [4.69, 9.17) is 0 Å². The molecule has 0 heterocycles. The lowest BCUT2D eigenvalue weighted by Gasteiger charge is -2.06. The largest absolute Gasteiger partial charge is 0.240 e. The molecule has 1 N–H and O–H groups in total. The number of unbranched alkanes of at least 4 members (excludes halogenated alkanes) is 2. The average Bonchev–Trinajstić information content (AvgIpc) is 2.34. The van der Waals surface area contributed by atoms with Crippen molar-refractivity contribution in [1.82, 2.24) is 4.72 Å². The predicted octanol–water partition coefficient (Wildman–Crippen LogP) is 2.47. The lowest BCUT2D eigenvalue weighted by atomic mass is 10.2. The second kappa shape index (κ2) is 7.20. The normalized spacial score (nSPS) is 10.8. The second-order valence-electron chi connectivity index (χ2n) is 4.09. The molecular weight excluding hydrogens is 246 g/mol. The van der Waals surface area contributed by atoms with Gasteiger partial charge in [0, 0.05) is 13.0 Å². The van der Waals surface area contributed by atoms with Gasteiger partial charge in [-0.3, -0.25) is 0 Å². The van der Waals surface area contributed by atoms with E-state index in [1.165, 1.54) is 0 Å². The summed E-state index contributed by atoms with van der Waals surface area (Å²) in [7, 11) is -3.36. The number of sulfonamides is 1. The highest BCUT2D eigenvalue weighted by molar-refractivity contribution is 7.89. The zero-order valence-electron chi connectivity index (χ0n) is 10.9. The van der Waals surface area contributed by atoms with E-state index in [0.717, 1.165) is 24.8 Å². The average molecular weight is 265 g/mol. The van der Waals surface area contributed by atoms with E-state index in [1.54, 1.807) is 31.2 Å². The first-order valence-corrected chi connectivity index (χ1v) is 7.50. The number of nitrogens with one attached hydrogen (secondary N) is 1. The van der Waals surface area contributed by atoms with Gasteiger partial charge in [0.15, 0.2) is 0 Å². The van der Waals surface area contributed by atoms with Crippen LogP contribution in [0.4, 0.5) is 0 Å². The first-order valence-electron chi connectivity index (χ1n) is 6.02. The van der Waals surface area contributed by atoms with Gasteiger partial charge in [-0.15, -0.1) is 11.8 Å². The van der Waals surface area contributed by atoms with Crippen molar-refractivity contribution in [2.45, 2.75) is 38.0 Å². The van der Waals surface area contributed by atoms with E-state index in [1.807, 2.05) is 6.92 Å². The van der Waals surface area contributed by atoms with Crippen LogP contribution in [0.2, 0.25) is 0 Å². The van der Waals surface area contributed by atoms with Crippen molar-refractivity contribution < 1.29 is 8.42 Å². The maximum atomic E-state index is 11.9. The molecular formula is C14H19NO2S. The molecule has 0 amide bonds. The van der Waals surface area contributed by atoms with E-state index >= 15 is 0 Å². The summed E-state index contributed by atoms with van der Waals surface area (Å²) in [5.41, 5.74) is 1.05. The molecule has 0 atom stereocenters. The minimum Gasteiger partial charge on any atom is -0.211 e. The van der Waals surface area contributed by atoms with Crippen LogP contribution in [0, 0.1) is 18.8 Å². The van der Waals surface area contributed by atoms with Gasteiger partial charge in [0.1, 0.15) is 0 Å². The summed E-state index contributed by atoms with van der Waals surface area (Å²) in [6, 6.07) is 6.84. The fraction of sp³-hybridized carbons (Fsp3) is 0.429. The summed E-state index contributed by atoms with van der Waals surface area (Å²) in [5, 5.41) is 0. The molecule has 0 aliphatic carbocycles. The third-order valence-corrected chi connectivity index (χ3v) is 4.01. The lowest BCUT2D eigenvalue weighted by molar-refractivity contribution is 0.577. The molecule has 1 aromatic carbocycles. The first-order chi connectivity index (χ1) is 8.56. The van der Waals surface area contributed by atoms with Gasteiger partial charge in [0.25, 0.3) is 0 Å². The van der Waals surface area contributed by atoms with E-state index < -0.39 is 10.0 Å². The van der Waals surface area contributed by atoms with Crippen molar-refractivity contribution in [3.05, 3.63) is 29.8 Å². The Balaban J connectivity index is 2.44. The van der Waals surface area contributed by atoms with Gasteiger partial charge in [-0.2, -0.15) is 0 Å². The standard InChI is InChI=1S/C14H19NO2S/c1-3-4-5-6-7-12-15-18(16,17)14-10-8-13(2)9-11-14/h8-11,15H,5-7,12H2,1-2H3. The Labute approximate surface area is 110 Å². The Hall–Kier alpha value is -1.31. The van der Waals surface area contributed by atoms with Crippen LogP contribution in [0.5, 0.6) is 0 Å². The number of hydrogen-bond acceptors (Lipinski definition) is 2. The van der Waals surface area contributed by atoms with Crippen LogP contribution in [0.3, 0.4) is 0 Å². The molecule has 0 radical (unpaired) electrons. The molecule has 0 bridgehead atoms. The van der Waals surface area contributed by atoms with Gasteiger partial charge in [-0.1, -0.05) is 17.7 Å². The lowest BCUT2D eigenvalue weighted by Crippen LogP contribution is -2.24. The first kappa shape index (κ1) is 14.7. The quantitative estimate of drug-likeness (QED) is 0.634. The minimum absolute atomic E-state index is 0.321. The Morgan fingerprint density at radius 2 is 1.83 bits per heavy atom. The van der Waals surface area contributed by atoms with Gasteiger partial charge in [0.2, 0.25) is 10.0 Å². The summed E-state index contributed by atoms with van der Waals surface area (Å²) < 4.78 is 26.4. The van der Waals surface area contributed by atoms with Crippen LogP contribution in [-0.2, 0) is 10.0 Å². The molecule has 0 spiro atoms. The van der Waals surface area contributed by atoms with Crippen molar-refractivity contribution >= 4 is 10.0 Å². The molecule has 98 valence electrons. The summed E-state index contributed by atoms with van der Waals surface area (Å²) in [4.78, 5) is 0.321. The van der Waals surface area contributed by atoms with E-state index in [9.17, 15) is 8.42 Å². The molecule has 0 fully saturated rings. The van der Waals surface area contributed by atoms with Crippen LogP contribution in [-0.4, -0.2) is 15.0 Å². The van der Waals surface area contributed by atoms with Crippen LogP contribution in [0.25, 0.3) is 0 Å². The van der Waals surface area contributed by atoms with Crippen LogP contribution in [0.1, 0.15) is 31.7 Å². The Kier molecular flexibility index (Phi) is 5.90. The fourth-order valence-electron chi connectivity index (χ4n) is 1.47. The summed E-state index contributed by atoms with van der Waals surface area (Å²) in [6.45, 7) is 4.19. The third-order valence-electron chi connectivity index (χ3n) is 2.53. The van der Waals surface area contributed by atoms with Gasteiger partial charge in [-0.05, 0) is 38.8 Å². The molecule has 1 rings (SSSR count). The monoisotopic (exact) mass is 265 g/mol. The number of hydrogen-bond donors (Lipinski definition) is 1. The summed E-state index contributed by atoms with van der Waals surface area (Å²) in [5.74, 6) is 5.77. The van der Waals surface area contributed by atoms with E-state index in [-0.39, 0.29) is 0 Å². The number of rotatable bonds is 6. The zero-order valence-corrected chi connectivity index (χ0v) is 11.7. The molecule has 0 aliphatic heterocycles. The molecule has 1 aromatic rings. The van der Waals surface area contributed by atoms with Crippen LogP contribution < -0.4 is 4.72 Å². The molecule has 0 aliphatic rings. The summed E-state index contributed by atoms with van der Waals surface area (Å²) >= 11 is 0. The highest BCUT2D eigenvalue weighted by Crippen LogP contribution is 2.09. The predicted molar refractivity (Wildman–Crippen MR) is 73.7 cm³/mol. The van der Waals surface area contributed by atoms with Crippen LogP contribution >= 0.6 is 0 Å². The van der Waals surface area contributed by atoms with Crippen molar-refractivity contribution in [3.63, 3.8) is 0 Å². The van der Waals surface area contributed by atoms with Gasteiger partial charge < -0.3 is 0 Å². The van der Waals surface area contributed by atoms with Gasteiger partial charge >= 0.3 is 0 Å². The molecule has 0 unspecified atom stereocenters. The van der Waals surface area contributed by atoms with Gasteiger partial charge in [-0.25, -0.2) is 13.1 Å². The second-order valence-corrected chi connectivity index (χ2v) is 5.86. The van der Waals surface area contributed by atoms with Crippen molar-refractivity contribution in [3.8, 4) is 11.8 Å².